The molecule has 4 rings (SSSR count). The molecule has 0 N–H and O–H groups in total. The maximum atomic E-state index is 12.6. The zero-order valence-electron chi connectivity index (χ0n) is 14.1. The van der Waals surface area contributed by atoms with Gasteiger partial charge in [-0.05, 0) is 28.1 Å². The monoisotopic (exact) mass is 451 g/mol. The van der Waals surface area contributed by atoms with Crippen LogP contribution in [0.25, 0.3) is 5.57 Å². The third-order valence-corrected chi connectivity index (χ3v) is 6.17. The van der Waals surface area contributed by atoms with Gasteiger partial charge in [0.25, 0.3) is 0 Å². The number of Topliss-reactive ketones (excluding diaryl/α,β-unsaturated/α-hetero) is 1. The Morgan fingerprint density at radius 2 is 1.71 bits per heavy atom. The first-order chi connectivity index (χ1) is 11.1. The van der Waals surface area contributed by atoms with Crippen molar-refractivity contribution in [1.82, 2.24) is 0 Å². The number of carbonyl (C=O) groups is 1. The zero-order chi connectivity index (χ0) is 16.0. The summed E-state index contributed by atoms with van der Waals surface area (Å²) in [6, 6.07) is 10.6. The molecule has 1 aliphatic heterocycles. The molecule has 24 heavy (non-hydrogen) atoms. The molecule has 2 nitrogen and oxygen atoms in total. The fourth-order valence-corrected chi connectivity index (χ4v) is 4.62. The number of thiophene rings is 1. The Labute approximate surface area is 164 Å². The molecule has 0 bridgehead atoms. The van der Waals surface area contributed by atoms with E-state index in [0.717, 1.165) is 22.2 Å². The van der Waals surface area contributed by atoms with Crippen LogP contribution in [0, 0.1) is 0 Å². The van der Waals surface area contributed by atoms with E-state index in [-0.39, 0.29) is 29.8 Å². The third kappa shape index (κ3) is 3.11. The molecule has 0 unspecified atom stereocenters. The van der Waals surface area contributed by atoms with E-state index in [0.29, 0.717) is 6.42 Å². The van der Waals surface area contributed by atoms with Crippen LogP contribution in [0.5, 0.6) is 0 Å². The van der Waals surface area contributed by atoms with Crippen LogP contribution in [-0.2, 0) is 6.42 Å². The maximum Gasteiger partial charge on any atom is 0.177 e. The first-order valence-corrected chi connectivity index (χ1v) is 9.16. The van der Waals surface area contributed by atoms with E-state index in [1.54, 1.807) is 11.3 Å². The van der Waals surface area contributed by atoms with Gasteiger partial charge in [-0.25, -0.2) is 0 Å². The molecule has 1 aliphatic carbocycles. The quantitative estimate of drug-likeness (QED) is 0.434. The molecule has 2 aliphatic rings. The number of fused-ring (bicyclic) bond motifs is 2. The summed E-state index contributed by atoms with van der Waals surface area (Å²) in [4.78, 5) is 13.6. The van der Waals surface area contributed by atoms with Gasteiger partial charge in [0.15, 0.2) is 5.78 Å². The molecule has 1 aromatic carbocycles. The van der Waals surface area contributed by atoms with Crippen molar-refractivity contribution in [3.05, 3.63) is 62.9 Å². The summed E-state index contributed by atoms with van der Waals surface area (Å²) in [6.07, 6.45) is 2.78. The number of benzene rings is 1. The second kappa shape index (κ2) is 6.73. The summed E-state index contributed by atoms with van der Waals surface area (Å²) in [7, 11) is 4.62. The van der Waals surface area contributed by atoms with Crippen LogP contribution in [-0.4, -0.2) is 37.5 Å². The minimum Gasteiger partial charge on any atom is -1.00 e. The predicted octanol–water partition coefficient (Wildman–Crippen LogP) is 1.16. The average Bonchev–Trinajstić information content (AvgIpc) is 2.96. The Morgan fingerprint density at radius 3 is 2.46 bits per heavy atom. The number of halogens is 1. The van der Waals surface area contributed by atoms with Gasteiger partial charge in [0.2, 0.25) is 0 Å². The molecule has 0 radical (unpaired) electrons. The van der Waals surface area contributed by atoms with E-state index in [1.165, 1.54) is 40.9 Å². The number of quaternary nitrogens is 1. The van der Waals surface area contributed by atoms with Crippen molar-refractivity contribution >= 4 is 22.7 Å². The fraction of sp³-hybridized carbons (Fsp3) is 0.350. The highest BCUT2D eigenvalue weighted by Gasteiger charge is 2.30. The minimum atomic E-state index is 0. The standard InChI is InChI=1S/C20H22NOS.HI/c1-21(2)10-7-14(8-11-21)19-16-6-4-3-5-15(16)13-18(22)20-17(19)9-12-23-20;/h3-6,9,12H,7-8,10-11,13H2,1-2H3;1H/q+1;/p-1. The molecule has 0 spiro atoms. The van der Waals surface area contributed by atoms with Gasteiger partial charge < -0.3 is 28.5 Å². The Balaban J connectivity index is 0.00000169. The number of piperidine rings is 1. The lowest BCUT2D eigenvalue weighted by Gasteiger charge is -2.35. The largest absolute Gasteiger partial charge is 1.00 e. The molecule has 0 amide bonds. The lowest BCUT2D eigenvalue weighted by atomic mass is 9.87. The number of likely N-dealkylation sites (tertiary alicyclic amines) is 1. The average molecular weight is 451 g/mol. The highest BCUT2D eigenvalue weighted by atomic mass is 127. The zero-order valence-corrected chi connectivity index (χ0v) is 17.1. The number of hydrogen-bond donors (Lipinski definition) is 0. The Bertz CT molecular complexity index is 807. The second-order valence-corrected chi connectivity index (χ2v) is 8.20. The molecule has 2 aromatic rings. The highest BCUT2D eigenvalue weighted by Crippen LogP contribution is 2.40. The summed E-state index contributed by atoms with van der Waals surface area (Å²) in [5.74, 6) is 0.268. The molecule has 1 fully saturated rings. The molecule has 1 saturated heterocycles. The smallest absolute Gasteiger partial charge is 0.177 e. The second-order valence-electron chi connectivity index (χ2n) is 7.28. The van der Waals surface area contributed by atoms with Crippen LogP contribution in [0.15, 0.2) is 41.3 Å². The lowest BCUT2D eigenvalue weighted by Crippen LogP contribution is -3.00. The van der Waals surface area contributed by atoms with Crippen molar-refractivity contribution < 1.29 is 33.3 Å². The maximum absolute atomic E-state index is 12.6. The first kappa shape index (κ1) is 17.8. The number of rotatable bonds is 0. The molecule has 2 heterocycles. The van der Waals surface area contributed by atoms with Crippen molar-refractivity contribution in [2.75, 3.05) is 27.2 Å². The van der Waals surface area contributed by atoms with E-state index in [2.05, 4.69) is 49.8 Å². The van der Waals surface area contributed by atoms with Gasteiger partial charge in [0.1, 0.15) is 0 Å². The summed E-state index contributed by atoms with van der Waals surface area (Å²) in [6.45, 7) is 2.35. The van der Waals surface area contributed by atoms with Gasteiger partial charge in [-0.15, -0.1) is 11.3 Å². The molecule has 0 saturated carbocycles. The van der Waals surface area contributed by atoms with Gasteiger partial charge in [0, 0.05) is 24.8 Å². The third-order valence-electron chi connectivity index (χ3n) is 5.22. The summed E-state index contributed by atoms with van der Waals surface area (Å²) >= 11 is 1.60. The molecule has 0 atom stereocenters. The summed E-state index contributed by atoms with van der Waals surface area (Å²) < 4.78 is 1.09. The molecule has 4 heteroatoms. The van der Waals surface area contributed by atoms with Crippen molar-refractivity contribution in [3.8, 4) is 0 Å². The number of nitrogens with zero attached hydrogens (tertiary/aromatic N) is 1. The summed E-state index contributed by atoms with van der Waals surface area (Å²) in [5.41, 5.74) is 6.52. The lowest BCUT2D eigenvalue weighted by molar-refractivity contribution is -0.892. The highest BCUT2D eigenvalue weighted by molar-refractivity contribution is 7.12. The Morgan fingerprint density at radius 1 is 1.00 bits per heavy atom. The van der Waals surface area contributed by atoms with Crippen LogP contribution in [0.2, 0.25) is 0 Å². The van der Waals surface area contributed by atoms with Crippen molar-refractivity contribution in [2.45, 2.75) is 19.3 Å². The summed E-state index contributed by atoms with van der Waals surface area (Å²) in [5, 5.41) is 2.07. The van der Waals surface area contributed by atoms with Gasteiger partial charge in [-0.3, -0.25) is 4.79 Å². The van der Waals surface area contributed by atoms with Gasteiger partial charge in [-0.1, -0.05) is 29.8 Å². The van der Waals surface area contributed by atoms with Crippen LogP contribution in [0.1, 0.15) is 39.2 Å². The Hall–Kier alpha value is -0.980. The van der Waals surface area contributed by atoms with Crippen LogP contribution in [0.4, 0.5) is 0 Å². The van der Waals surface area contributed by atoms with Gasteiger partial charge >= 0.3 is 0 Å². The van der Waals surface area contributed by atoms with Gasteiger partial charge in [0.05, 0.1) is 32.1 Å². The fourth-order valence-electron chi connectivity index (χ4n) is 3.78. The van der Waals surface area contributed by atoms with Crippen molar-refractivity contribution in [3.63, 3.8) is 0 Å². The van der Waals surface area contributed by atoms with Crippen LogP contribution in [0.3, 0.4) is 0 Å². The molecule has 1 aromatic heterocycles. The van der Waals surface area contributed by atoms with Crippen molar-refractivity contribution in [1.29, 1.82) is 0 Å². The van der Waals surface area contributed by atoms with E-state index in [4.69, 9.17) is 0 Å². The minimum absolute atomic E-state index is 0. The van der Waals surface area contributed by atoms with E-state index < -0.39 is 0 Å². The predicted molar refractivity (Wildman–Crippen MR) is 95.9 cm³/mol. The Kier molecular flexibility index (Phi) is 5.00. The van der Waals surface area contributed by atoms with Gasteiger partial charge in [-0.2, -0.15) is 0 Å². The molecular weight excluding hydrogens is 429 g/mol. The van der Waals surface area contributed by atoms with E-state index in [9.17, 15) is 4.79 Å². The normalized spacial score (nSPS) is 19.2. The first-order valence-electron chi connectivity index (χ1n) is 8.28. The number of carbonyl (C=O) groups excluding carboxylic acids is 1. The van der Waals surface area contributed by atoms with Crippen LogP contribution >= 0.6 is 11.3 Å². The van der Waals surface area contributed by atoms with E-state index in [1.807, 2.05) is 0 Å². The van der Waals surface area contributed by atoms with E-state index >= 15 is 0 Å². The molecular formula is C20H22INOS. The number of ketones is 1. The number of hydrogen-bond acceptors (Lipinski definition) is 2. The topological polar surface area (TPSA) is 17.1 Å². The van der Waals surface area contributed by atoms with Crippen molar-refractivity contribution in [2.24, 2.45) is 0 Å². The van der Waals surface area contributed by atoms with Crippen LogP contribution < -0.4 is 24.0 Å². The molecule has 126 valence electrons. The SMILES string of the molecule is C[N+]1(C)CCC(=C2c3ccccc3CC(=O)c3sccc32)CC1.[I-].